The van der Waals surface area contributed by atoms with E-state index in [1.165, 1.54) is 0 Å². The van der Waals surface area contributed by atoms with Crippen molar-refractivity contribution in [3.05, 3.63) is 23.8 Å². The molecule has 0 aliphatic heterocycles. The molecule has 0 bridgehead atoms. The van der Waals surface area contributed by atoms with E-state index < -0.39 is 30.0 Å². The molecule has 88 valence electrons. The van der Waals surface area contributed by atoms with Crippen LogP contribution >= 0.6 is 0 Å². The van der Waals surface area contributed by atoms with Gasteiger partial charge in [-0.3, -0.25) is 0 Å². The van der Waals surface area contributed by atoms with Crippen molar-refractivity contribution in [2.75, 3.05) is 12.3 Å². The molecule has 1 aromatic carbocycles. The smallest absolute Gasteiger partial charge is 0.418 e. The van der Waals surface area contributed by atoms with E-state index in [0.717, 1.165) is 18.2 Å². The predicted octanol–water partition coefficient (Wildman–Crippen LogP) is 1.75. The Kier molecular flexibility index (Phi) is 3.26. The molecule has 3 N–H and O–H groups in total. The van der Waals surface area contributed by atoms with E-state index in [2.05, 4.69) is 4.74 Å². The normalized spacial score (nSPS) is 11.2. The maximum absolute atomic E-state index is 12.3. The van der Waals surface area contributed by atoms with Crippen LogP contribution in [0.1, 0.15) is 5.56 Å². The van der Waals surface area contributed by atoms with Gasteiger partial charge in [-0.2, -0.15) is 13.2 Å². The van der Waals surface area contributed by atoms with Gasteiger partial charge >= 0.3 is 12.1 Å². The molecule has 1 aromatic rings. The van der Waals surface area contributed by atoms with Crippen LogP contribution in [0.5, 0.6) is 5.75 Å². The van der Waals surface area contributed by atoms with Gasteiger partial charge in [0.2, 0.25) is 0 Å². The highest BCUT2D eigenvalue weighted by Gasteiger charge is 2.32. The molecule has 1 rings (SSSR count). The second kappa shape index (κ2) is 4.30. The molecular weight excluding hydrogens is 227 g/mol. The molecule has 0 atom stereocenters. The van der Waals surface area contributed by atoms with Gasteiger partial charge in [-0.05, 0) is 12.1 Å². The second-order valence-corrected chi connectivity index (χ2v) is 2.93. The maximum Gasteiger partial charge on any atom is 0.418 e. The Morgan fingerprint density at radius 2 is 2.06 bits per heavy atom. The summed E-state index contributed by atoms with van der Waals surface area (Å²) in [6, 6.07) is 2.69. The molecule has 7 heteroatoms. The fourth-order valence-corrected chi connectivity index (χ4v) is 1.03. The van der Waals surface area contributed by atoms with Crippen LogP contribution in [0.4, 0.5) is 18.9 Å². The van der Waals surface area contributed by atoms with Crippen LogP contribution in [0.25, 0.3) is 0 Å². The first kappa shape index (κ1) is 12.2. The summed E-state index contributed by atoms with van der Waals surface area (Å²) < 4.78 is 41.5. The van der Waals surface area contributed by atoms with E-state index >= 15 is 0 Å². The van der Waals surface area contributed by atoms with Crippen molar-refractivity contribution in [1.29, 1.82) is 0 Å². The highest BCUT2D eigenvalue weighted by Crippen LogP contribution is 2.35. The summed E-state index contributed by atoms with van der Waals surface area (Å²) in [5, 5.41) is 8.29. The quantitative estimate of drug-likeness (QED) is 0.783. The van der Waals surface area contributed by atoms with Crippen LogP contribution in [0.15, 0.2) is 18.2 Å². The number of anilines is 1. The summed E-state index contributed by atoms with van der Waals surface area (Å²) in [6.07, 6.45) is -4.53. The van der Waals surface area contributed by atoms with Crippen molar-refractivity contribution in [1.82, 2.24) is 0 Å². The first-order valence-corrected chi connectivity index (χ1v) is 4.12. The second-order valence-electron chi connectivity index (χ2n) is 2.93. The minimum atomic E-state index is -4.53. The van der Waals surface area contributed by atoms with Gasteiger partial charge in [0.15, 0.2) is 6.61 Å². The van der Waals surface area contributed by atoms with Crippen LogP contribution in [-0.4, -0.2) is 17.7 Å². The van der Waals surface area contributed by atoms with Crippen molar-refractivity contribution >= 4 is 11.7 Å². The van der Waals surface area contributed by atoms with Crippen LogP contribution in [-0.2, 0) is 11.0 Å². The van der Waals surface area contributed by atoms with E-state index in [9.17, 15) is 18.0 Å². The third kappa shape index (κ3) is 3.04. The molecule has 0 saturated heterocycles. The molecule has 0 saturated carbocycles. The number of carboxylic acid groups (broad SMARTS) is 1. The third-order valence-corrected chi connectivity index (χ3v) is 1.69. The molecule has 0 radical (unpaired) electrons. The van der Waals surface area contributed by atoms with E-state index in [0.29, 0.717) is 0 Å². The van der Waals surface area contributed by atoms with Crippen LogP contribution < -0.4 is 10.5 Å². The summed E-state index contributed by atoms with van der Waals surface area (Å²) in [5.41, 5.74) is 3.69. The number of alkyl halides is 3. The molecule has 16 heavy (non-hydrogen) atoms. The molecule has 0 aliphatic carbocycles. The Morgan fingerprint density at radius 1 is 1.44 bits per heavy atom. The molecule has 0 unspecified atom stereocenters. The van der Waals surface area contributed by atoms with Crippen LogP contribution in [0.3, 0.4) is 0 Å². The first-order chi connectivity index (χ1) is 7.30. The molecular formula is C9H8F3NO3. The zero-order valence-corrected chi connectivity index (χ0v) is 7.91. The highest BCUT2D eigenvalue weighted by atomic mass is 19.4. The summed E-state index contributed by atoms with van der Waals surface area (Å²) in [4.78, 5) is 10.1. The lowest BCUT2D eigenvalue weighted by atomic mass is 10.1. The Hall–Kier alpha value is -1.92. The molecule has 0 amide bonds. The lowest BCUT2D eigenvalue weighted by Gasteiger charge is -2.11. The number of ether oxygens (including phenoxy) is 1. The van der Waals surface area contributed by atoms with Gasteiger partial charge in [-0.15, -0.1) is 0 Å². The number of nitrogen functional groups attached to an aromatic ring is 1. The molecule has 0 spiro atoms. The van der Waals surface area contributed by atoms with Crippen molar-refractivity contribution in [2.45, 2.75) is 6.18 Å². The first-order valence-electron chi connectivity index (χ1n) is 4.12. The number of carboxylic acids is 1. The van der Waals surface area contributed by atoms with E-state index in [-0.39, 0.29) is 5.75 Å². The number of aliphatic carboxylic acids is 1. The molecule has 0 aromatic heterocycles. The van der Waals surface area contributed by atoms with Gasteiger partial charge < -0.3 is 15.6 Å². The van der Waals surface area contributed by atoms with E-state index in [4.69, 9.17) is 10.8 Å². The van der Waals surface area contributed by atoms with Crippen LogP contribution in [0.2, 0.25) is 0 Å². The average Bonchev–Trinajstić information content (AvgIpc) is 2.12. The largest absolute Gasteiger partial charge is 0.482 e. The Morgan fingerprint density at radius 3 is 2.50 bits per heavy atom. The lowest BCUT2D eigenvalue weighted by molar-refractivity contribution is -0.139. The van der Waals surface area contributed by atoms with Gasteiger partial charge in [-0.1, -0.05) is 0 Å². The van der Waals surface area contributed by atoms with Crippen molar-refractivity contribution in [3.8, 4) is 5.75 Å². The van der Waals surface area contributed by atoms with Gasteiger partial charge in [0.05, 0.1) is 5.56 Å². The SMILES string of the molecule is Nc1cc(OCC(=O)O)ccc1C(F)(F)F. The van der Waals surface area contributed by atoms with E-state index in [1.54, 1.807) is 0 Å². The summed E-state index contributed by atoms with van der Waals surface area (Å²) in [7, 11) is 0. The van der Waals surface area contributed by atoms with Gasteiger partial charge in [0.25, 0.3) is 0 Å². The van der Waals surface area contributed by atoms with Gasteiger partial charge in [0, 0.05) is 11.8 Å². The zero-order valence-electron chi connectivity index (χ0n) is 7.91. The van der Waals surface area contributed by atoms with Crippen LogP contribution in [0, 0.1) is 0 Å². The predicted molar refractivity (Wildman–Crippen MR) is 49.0 cm³/mol. The lowest BCUT2D eigenvalue weighted by Crippen LogP contribution is -2.11. The van der Waals surface area contributed by atoms with Crippen molar-refractivity contribution < 1.29 is 27.8 Å². The topological polar surface area (TPSA) is 72.5 Å². The number of hydrogen-bond acceptors (Lipinski definition) is 3. The maximum atomic E-state index is 12.3. The minimum Gasteiger partial charge on any atom is -0.482 e. The summed E-state index contributed by atoms with van der Waals surface area (Å²) >= 11 is 0. The number of halogens is 3. The number of hydrogen-bond donors (Lipinski definition) is 2. The summed E-state index contributed by atoms with van der Waals surface area (Å²) in [6.45, 7) is -0.634. The van der Waals surface area contributed by atoms with Crippen molar-refractivity contribution in [2.24, 2.45) is 0 Å². The zero-order chi connectivity index (χ0) is 12.3. The average molecular weight is 235 g/mol. The third-order valence-electron chi connectivity index (χ3n) is 1.69. The number of carbonyl (C=O) groups is 1. The Bertz CT molecular complexity index is 403. The Labute approximate surface area is 88.4 Å². The monoisotopic (exact) mass is 235 g/mol. The van der Waals surface area contributed by atoms with Crippen molar-refractivity contribution in [3.63, 3.8) is 0 Å². The summed E-state index contributed by atoms with van der Waals surface area (Å²) in [5.74, 6) is -1.24. The van der Waals surface area contributed by atoms with E-state index in [1.807, 2.05) is 0 Å². The van der Waals surface area contributed by atoms with Gasteiger partial charge in [0.1, 0.15) is 5.75 Å². The number of benzene rings is 1. The fraction of sp³-hybridized carbons (Fsp3) is 0.222. The van der Waals surface area contributed by atoms with Gasteiger partial charge in [-0.25, -0.2) is 4.79 Å². The number of rotatable bonds is 3. The molecule has 4 nitrogen and oxygen atoms in total. The molecule has 0 heterocycles. The molecule has 0 fully saturated rings. The highest BCUT2D eigenvalue weighted by molar-refractivity contribution is 5.68. The number of nitrogens with two attached hydrogens (primary N) is 1. The molecule has 0 aliphatic rings. The minimum absolute atomic E-state index is 0.0205. The Balaban J connectivity index is 2.87. The standard InChI is InChI=1S/C9H8F3NO3/c10-9(11,12)6-2-1-5(3-7(6)13)16-4-8(14)15/h1-3H,4,13H2,(H,14,15). The fourth-order valence-electron chi connectivity index (χ4n) is 1.03.